The molecule has 1 aromatic heterocycles. The van der Waals surface area contributed by atoms with Crippen LogP contribution in [0.5, 0.6) is 0 Å². The molecule has 0 saturated carbocycles. The van der Waals surface area contributed by atoms with Crippen LogP contribution in [0.1, 0.15) is 20.8 Å². The van der Waals surface area contributed by atoms with E-state index in [1.807, 2.05) is 55.5 Å². The molecule has 0 aliphatic carbocycles. The fourth-order valence-electron chi connectivity index (χ4n) is 2.31. The van der Waals surface area contributed by atoms with E-state index in [1.165, 1.54) is 16.9 Å². The molecule has 3 aromatic rings. The number of fused-ring (bicyclic) bond motifs is 1. The van der Waals surface area contributed by atoms with Crippen molar-refractivity contribution in [1.29, 1.82) is 0 Å². The monoisotopic (exact) mass is 297 g/mol. The Morgan fingerprint density at radius 1 is 1.14 bits per heavy atom. The van der Waals surface area contributed by atoms with Crippen LogP contribution in [0.4, 0.5) is 5.69 Å². The summed E-state index contributed by atoms with van der Waals surface area (Å²) in [6.07, 6.45) is 0. The summed E-state index contributed by atoms with van der Waals surface area (Å²) in [5.74, 6) is -0.864. The number of anilines is 1. The van der Waals surface area contributed by atoms with Crippen molar-refractivity contribution in [2.24, 2.45) is 0 Å². The Morgan fingerprint density at radius 3 is 2.57 bits per heavy atom. The molecule has 0 unspecified atom stereocenters. The second kappa shape index (κ2) is 5.58. The van der Waals surface area contributed by atoms with Crippen LogP contribution in [0.3, 0.4) is 0 Å². The third kappa shape index (κ3) is 2.76. The van der Waals surface area contributed by atoms with Crippen molar-refractivity contribution < 1.29 is 9.90 Å². The summed E-state index contributed by atoms with van der Waals surface area (Å²) in [5.41, 5.74) is 3.05. The molecule has 21 heavy (non-hydrogen) atoms. The zero-order valence-electron chi connectivity index (χ0n) is 11.6. The van der Waals surface area contributed by atoms with E-state index in [1.54, 1.807) is 0 Å². The van der Waals surface area contributed by atoms with Gasteiger partial charge in [0.2, 0.25) is 0 Å². The van der Waals surface area contributed by atoms with Gasteiger partial charge in [-0.05, 0) is 30.5 Å². The van der Waals surface area contributed by atoms with Crippen molar-refractivity contribution in [3.8, 4) is 0 Å². The molecule has 0 bridgehead atoms. The molecule has 1 heterocycles. The molecule has 3 nitrogen and oxygen atoms in total. The lowest BCUT2D eigenvalue weighted by atomic mass is 10.1. The minimum Gasteiger partial charge on any atom is -0.477 e. The highest BCUT2D eigenvalue weighted by atomic mass is 32.1. The number of benzene rings is 2. The van der Waals surface area contributed by atoms with Gasteiger partial charge in [0.25, 0.3) is 0 Å². The number of carboxylic acids is 1. The van der Waals surface area contributed by atoms with E-state index in [0.717, 1.165) is 21.3 Å². The Morgan fingerprint density at radius 2 is 1.86 bits per heavy atom. The zero-order chi connectivity index (χ0) is 14.8. The van der Waals surface area contributed by atoms with Gasteiger partial charge in [-0.25, -0.2) is 4.79 Å². The van der Waals surface area contributed by atoms with Crippen molar-refractivity contribution in [2.75, 3.05) is 5.32 Å². The van der Waals surface area contributed by atoms with Crippen LogP contribution in [0.25, 0.3) is 10.1 Å². The van der Waals surface area contributed by atoms with Crippen LogP contribution in [-0.4, -0.2) is 11.1 Å². The first-order chi connectivity index (χ1) is 10.1. The summed E-state index contributed by atoms with van der Waals surface area (Å²) in [6.45, 7) is 2.55. The van der Waals surface area contributed by atoms with E-state index in [4.69, 9.17) is 0 Å². The number of carboxylic acid groups (broad SMARTS) is 1. The maximum Gasteiger partial charge on any atom is 0.346 e. The standard InChI is InChI=1S/C17H15NO2S/c1-11-6-8-12(9-7-11)18-10-14-13-4-2-3-5-15(13)21-16(14)17(19)20/h2-9,18H,10H2,1H3,(H,19,20). The number of nitrogens with one attached hydrogen (secondary N) is 1. The van der Waals surface area contributed by atoms with Gasteiger partial charge >= 0.3 is 5.97 Å². The minimum absolute atomic E-state index is 0.413. The Kier molecular flexibility index (Phi) is 3.62. The van der Waals surface area contributed by atoms with Gasteiger partial charge in [0.1, 0.15) is 4.88 Å². The molecule has 4 heteroatoms. The topological polar surface area (TPSA) is 49.3 Å². The summed E-state index contributed by atoms with van der Waals surface area (Å²) < 4.78 is 1.01. The highest BCUT2D eigenvalue weighted by molar-refractivity contribution is 7.21. The first-order valence-electron chi connectivity index (χ1n) is 6.69. The van der Waals surface area contributed by atoms with Crippen molar-refractivity contribution in [1.82, 2.24) is 0 Å². The number of hydrogen-bond acceptors (Lipinski definition) is 3. The zero-order valence-corrected chi connectivity index (χ0v) is 12.4. The van der Waals surface area contributed by atoms with E-state index in [-0.39, 0.29) is 0 Å². The molecule has 2 aromatic carbocycles. The SMILES string of the molecule is Cc1ccc(NCc2c(C(=O)O)sc3ccccc23)cc1. The third-order valence-corrected chi connectivity index (χ3v) is 4.61. The molecular formula is C17H15NO2S. The van der Waals surface area contributed by atoms with E-state index in [0.29, 0.717) is 11.4 Å². The lowest BCUT2D eigenvalue weighted by molar-refractivity contribution is 0.0701. The molecule has 0 saturated heterocycles. The smallest absolute Gasteiger partial charge is 0.346 e. The number of aromatic carboxylic acids is 1. The average Bonchev–Trinajstić information content (AvgIpc) is 2.86. The normalized spacial score (nSPS) is 10.7. The van der Waals surface area contributed by atoms with Crippen LogP contribution < -0.4 is 5.32 Å². The van der Waals surface area contributed by atoms with Crippen molar-refractivity contribution in [3.63, 3.8) is 0 Å². The van der Waals surface area contributed by atoms with Gasteiger partial charge in [-0.3, -0.25) is 0 Å². The third-order valence-electron chi connectivity index (χ3n) is 3.41. The fourth-order valence-corrected chi connectivity index (χ4v) is 3.37. The first kappa shape index (κ1) is 13.6. The Balaban J connectivity index is 1.93. The predicted molar refractivity (Wildman–Crippen MR) is 87.3 cm³/mol. The van der Waals surface area contributed by atoms with Gasteiger partial charge in [0, 0.05) is 22.5 Å². The molecule has 0 aliphatic rings. The van der Waals surface area contributed by atoms with E-state index < -0.39 is 5.97 Å². The summed E-state index contributed by atoms with van der Waals surface area (Å²) >= 11 is 1.33. The summed E-state index contributed by atoms with van der Waals surface area (Å²) in [5, 5.41) is 13.7. The predicted octanol–water partition coefficient (Wildman–Crippen LogP) is 4.52. The van der Waals surface area contributed by atoms with Crippen LogP contribution in [-0.2, 0) is 6.54 Å². The maximum absolute atomic E-state index is 11.4. The van der Waals surface area contributed by atoms with Crippen molar-refractivity contribution >= 4 is 33.1 Å². The molecule has 0 amide bonds. The van der Waals surface area contributed by atoms with Crippen molar-refractivity contribution in [3.05, 3.63) is 64.5 Å². The number of hydrogen-bond donors (Lipinski definition) is 2. The summed E-state index contributed by atoms with van der Waals surface area (Å²) in [4.78, 5) is 11.8. The van der Waals surface area contributed by atoms with Gasteiger partial charge in [0.15, 0.2) is 0 Å². The Bertz CT molecular complexity index is 790. The molecule has 0 aliphatic heterocycles. The van der Waals surface area contributed by atoms with Crippen LogP contribution in [0.15, 0.2) is 48.5 Å². The van der Waals surface area contributed by atoms with Gasteiger partial charge in [-0.1, -0.05) is 35.9 Å². The molecule has 0 spiro atoms. The quantitative estimate of drug-likeness (QED) is 0.744. The number of aryl methyl sites for hydroxylation is 1. The Hall–Kier alpha value is -2.33. The maximum atomic E-state index is 11.4. The lowest BCUT2D eigenvalue weighted by Crippen LogP contribution is -2.04. The molecular weight excluding hydrogens is 282 g/mol. The number of thiophene rings is 1. The van der Waals surface area contributed by atoms with Crippen LogP contribution in [0.2, 0.25) is 0 Å². The largest absolute Gasteiger partial charge is 0.477 e. The van der Waals surface area contributed by atoms with E-state index >= 15 is 0 Å². The molecule has 0 radical (unpaired) electrons. The van der Waals surface area contributed by atoms with Crippen LogP contribution in [0, 0.1) is 6.92 Å². The number of carbonyl (C=O) groups is 1. The number of rotatable bonds is 4. The van der Waals surface area contributed by atoms with Crippen molar-refractivity contribution in [2.45, 2.75) is 13.5 Å². The second-order valence-corrected chi connectivity index (χ2v) is 5.98. The highest BCUT2D eigenvalue weighted by Crippen LogP contribution is 2.31. The Labute approximate surface area is 126 Å². The molecule has 0 atom stereocenters. The average molecular weight is 297 g/mol. The molecule has 106 valence electrons. The van der Waals surface area contributed by atoms with E-state index in [2.05, 4.69) is 5.32 Å². The molecule has 0 fully saturated rings. The highest BCUT2D eigenvalue weighted by Gasteiger charge is 2.16. The second-order valence-electron chi connectivity index (χ2n) is 4.93. The van der Waals surface area contributed by atoms with Gasteiger partial charge in [-0.15, -0.1) is 11.3 Å². The van der Waals surface area contributed by atoms with Gasteiger partial charge in [-0.2, -0.15) is 0 Å². The minimum atomic E-state index is -0.864. The summed E-state index contributed by atoms with van der Waals surface area (Å²) in [7, 11) is 0. The summed E-state index contributed by atoms with van der Waals surface area (Å²) in [6, 6.07) is 15.9. The van der Waals surface area contributed by atoms with Gasteiger partial charge < -0.3 is 10.4 Å². The molecule has 3 rings (SSSR count). The van der Waals surface area contributed by atoms with Gasteiger partial charge in [0.05, 0.1) is 0 Å². The van der Waals surface area contributed by atoms with E-state index in [9.17, 15) is 9.90 Å². The van der Waals surface area contributed by atoms with Crippen LogP contribution >= 0.6 is 11.3 Å². The lowest BCUT2D eigenvalue weighted by Gasteiger charge is -2.07. The first-order valence-corrected chi connectivity index (χ1v) is 7.51. The molecule has 2 N–H and O–H groups in total. The fraction of sp³-hybridized carbons (Fsp3) is 0.118.